The lowest BCUT2D eigenvalue weighted by Crippen LogP contribution is -1.76. The predicted octanol–water partition coefficient (Wildman–Crippen LogP) is 7.21. The molecule has 0 aromatic heterocycles. The Kier molecular flexibility index (Phi) is 17.0. The highest BCUT2D eigenvalue weighted by Crippen LogP contribution is 2.07. The monoisotopic (exact) mass is 264 g/mol. The van der Waals surface area contributed by atoms with E-state index in [1.807, 2.05) is 0 Å². The zero-order chi connectivity index (χ0) is 14.0. The smallest absolute Gasteiger partial charge is 0.0351 e. The van der Waals surface area contributed by atoms with Crippen LogP contribution in [0.4, 0.5) is 0 Å². The molecular formula is C19H36. The van der Waals surface area contributed by atoms with Crippen LogP contribution in [-0.2, 0) is 0 Å². The van der Waals surface area contributed by atoms with Crippen molar-refractivity contribution in [1.82, 2.24) is 0 Å². The standard InChI is InChI=1S/C19H36/c1-3-5-7-9-11-13-15-17-19-18-16-14-12-10-8-6-4-2/h11-14H,3-10,15-19H2,1-2H3/b13-11-,14-12-. The number of unbranched alkanes of at least 4 members (excludes halogenated alkanes) is 10. The van der Waals surface area contributed by atoms with Crippen LogP contribution in [0.1, 0.15) is 97.3 Å². The molecule has 0 spiro atoms. The maximum atomic E-state index is 2.39. The number of rotatable bonds is 14. The minimum atomic E-state index is 1.28. The number of hydrogen-bond donors (Lipinski definition) is 0. The van der Waals surface area contributed by atoms with Crippen molar-refractivity contribution in [1.29, 1.82) is 0 Å². The topological polar surface area (TPSA) is 0 Å². The Morgan fingerprint density at radius 2 is 0.737 bits per heavy atom. The molecular weight excluding hydrogens is 228 g/mol. The molecule has 0 atom stereocenters. The van der Waals surface area contributed by atoms with E-state index in [-0.39, 0.29) is 0 Å². The lowest BCUT2D eigenvalue weighted by atomic mass is 10.1. The Morgan fingerprint density at radius 3 is 1.05 bits per heavy atom. The summed E-state index contributed by atoms with van der Waals surface area (Å²) >= 11 is 0. The van der Waals surface area contributed by atoms with Crippen LogP contribution in [0.15, 0.2) is 24.3 Å². The second-order valence-corrected chi connectivity index (χ2v) is 5.57. The molecule has 0 unspecified atom stereocenters. The summed E-state index contributed by atoms with van der Waals surface area (Å²) in [4.78, 5) is 0. The van der Waals surface area contributed by atoms with Gasteiger partial charge in [0.05, 0.1) is 0 Å². The van der Waals surface area contributed by atoms with E-state index in [1.54, 1.807) is 0 Å². The summed E-state index contributed by atoms with van der Waals surface area (Å²) in [6.07, 6.45) is 27.0. The van der Waals surface area contributed by atoms with Crippen LogP contribution < -0.4 is 0 Å². The summed E-state index contributed by atoms with van der Waals surface area (Å²) in [5.41, 5.74) is 0. The quantitative estimate of drug-likeness (QED) is 0.230. The predicted molar refractivity (Wildman–Crippen MR) is 89.6 cm³/mol. The molecule has 0 saturated heterocycles. The van der Waals surface area contributed by atoms with Crippen LogP contribution in [-0.4, -0.2) is 0 Å². The van der Waals surface area contributed by atoms with E-state index in [0.29, 0.717) is 0 Å². The van der Waals surface area contributed by atoms with E-state index < -0.39 is 0 Å². The van der Waals surface area contributed by atoms with Gasteiger partial charge < -0.3 is 0 Å². The Morgan fingerprint density at radius 1 is 0.421 bits per heavy atom. The number of hydrogen-bond acceptors (Lipinski definition) is 0. The molecule has 0 N–H and O–H groups in total. The molecule has 0 aliphatic heterocycles. The fourth-order valence-corrected chi connectivity index (χ4v) is 2.20. The van der Waals surface area contributed by atoms with Crippen molar-refractivity contribution in [3.05, 3.63) is 24.3 Å². The van der Waals surface area contributed by atoms with Crippen molar-refractivity contribution in [3.8, 4) is 0 Å². The summed E-state index contributed by atoms with van der Waals surface area (Å²) in [6, 6.07) is 0. The molecule has 0 radical (unpaired) electrons. The maximum absolute atomic E-state index is 2.39. The lowest BCUT2D eigenvalue weighted by molar-refractivity contribution is 0.689. The molecule has 0 rings (SSSR count). The third-order valence-corrected chi connectivity index (χ3v) is 3.52. The summed E-state index contributed by atoms with van der Waals surface area (Å²) in [5, 5.41) is 0. The van der Waals surface area contributed by atoms with Crippen molar-refractivity contribution >= 4 is 0 Å². The highest BCUT2D eigenvalue weighted by molar-refractivity contribution is 4.83. The van der Waals surface area contributed by atoms with Gasteiger partial charge in [-0.1, -0.05) is 70.3 Å². The van der Waals surface area contributed by atoms with Crippen LogP contribution in [0.3, 0.4) is 0 Å². The Labute approximate surface area is 122 Å². The van der Waals surface area contributed by atoms with Crippen LogP contribution in [0.5, 0.6) is 0 Å². The largest absolute Gasteiger partial charge is 0.0885 e. The first-order valence-corrected chi connectivity index (χ1v) is 8.71. The van der Waals surface area contributed by atoms with E-state index in [9.17, 15) is 0 Å². The van der Waals surface area contributed by atoms with Crippen molar-refractivity contribution < 1.29 is 0 Å². The zero-order valence-corrected chi connectivity index (χ0v) is 13.5. The van der Waals surface area contributed by atoms with E-state index in [0.717, 1.165) is 0 Å². The fraction of sp³-hybridized carbons (Fsp3) is 0.789. The molecule has 0 bridgehead atoms. The summed E-state index contributed by atoms with van der Waals surface area (Å²) in [7, 11) is 0. The fourth-order valence-electron chi connectivity index (χ4n) is 2.20. The molecule has 0 amide bonds. The minimum absolute atomic E-state index is 1.28. The zero-order valence-electron chi connectivity index (χ0n) is 13.5. The lowest BCUT2D eigenvalue weighted by Gasteiger charge is -1.96. The average Bonchev–Trinajstić information content (AvgIpc) is 2.43. The second kappa shape index (κ2) is 17.5. The van der Waals surface area contributed by atoms with E-state index in [2.05, 4.69) is 38.2 Å². The van der Waals surface area contributed by atoms with Gasteiger partial charge in [-0.25, -0.2) is 0 Å². The molecule has 0 saturated carbocycles. The van der Waals surface area contributed by atoms with Gasteiger partial charge >= 0.3 is 0 Å². The van der Waals surface area contributed by atoms with E-state index >= 15 is 0 Å². The van der Waals surface area contributed by atoms with Gasteiger partial charge in [-0.15, -0.1) is 0 Å². The van der Waals surface area contributed by atoms with Gasteiger partial charge in [-0.3, -0.25) is 0 Å². The molecule has 0 aliphatic rings. The van der Waals surface area contributed by atoms with Crippen LogP contribution in [0.2, 0.25) is 0 Å². The highest BCUT2D eigenvalue weighted by atomic mass is 13.9. The van der Waals surface area contributed by atoms with Crippen molar-refractivity contribution in [2.75, 3.05) is 0 Å². The van der Waals surface area contributed by atoms with E-state index in [4.69, 9.17) is 0 Å². The summed E-state index contributed by atoms with van der Waals surface area (Å²) in [6.45, 7) is 4.53. The van der Waals surface area contributed by atoms with Crippen LogP contribution in [0, 0.1) is 0 Å². The van der Waals surface area contributed by atoms with E-state index in [1.165, 1.54) is 83.5 Å². The molecule has 0 heteroatoms. The van der Waals surface area contributed by atoms with Gasteiger partial charge in [0, 0.05) is 0 Å². The Hall–Kier alpha value is -0.520. The molecule has 0 aliphatic carbocycles. The van der Waals surface area contributed by atoms with Gasteiger partial charge in [0.15, 0.2) is 0 Å². The van der Waals surface area contributed by atoms with Gasteiger partial charge in [-0.2, -0.15) is 0 Å². The van der Waals surface area contributed by atoms with Crippen LogP contribution >= 0.6 is 0 Å². The van der Waals surface area contributed by atoms with Crippen LogP contribution in [0.25, 0.3) is 0 Å². The van der Waals surface area contributed by atoms with Gasteiger partial charge in [0.25, 0.3) is 0 Å². The summed E-state index contributed by atoms with van der Waals surface area (Å²) < 4.78 is 0. The van der Waals surface area contributed by atoms with Gasteiger partial charge in [0.2, 0.25) is 0 Å². The first-order valence-electron chi connectivity index (χ1n) is 8.71. The first kappa shape index (κ1) is 18.5. The second-order valence-electron chi connectivity index (χ2n) is 5.57. The van der Waals surface area contributed by atoms with Gasteiger partial charge in [-0.05, 0) is 51.4 Å². The molecule has 0 heterocycles. The first-order chi connectivity index (χ1) is 9.41. The molecule has 0 aromatic carbocycles. The molecule has 19 heavy (non-hydrogen) atoms. The third kappa shape index (κ3) is 17.5. The SMILES string of the molecule is CCCCC/C=C\CCCCC/C=C\CCCCC. The molecule has 0 aromatic rings. The van der Waals surface area contributed by atoms with Crippen molar-refractivity contribution in [3.63, 3.8) is 0 Å². The Balaban J connectivity index is 3.09. The normalized spacial score (nSPS) is 11.9. The van der Waals surface area contributed by atoms with Crippen molar-refractivity contribution in [2.24, 2.45) is 0 Å². The highest BCUT2D eigenvalue weighted by Gasteiger charge is 1.87. The van der Waals surface area contributed by atoms with Crippen molar-refractivity contribution in [2.45, 2.75) is 97.3 Å². The maximum Gasteiger partial charge on any atom is -0.0351 e. The minimum Gasteiger partial charge on any atom is -0.0885 e. The molecule has 0 nitrogen and oxygen atoms in total. The van der Waals surface area contributed by atoms with Gasteiger partial charge in [0.1, 0.15) is 0 Å². The number of allylic oxidation sites excluding steroid dienone is 4. The summed E-state index contributed by atoms with van der Waals surface area (Å²) in [5.74, 6) is 0. The molecule has 112 valence electrons. The Bertz CT molecular complexity index is 178. The third-order valence-electron chi connectivity index (χ3n) is 3.52. The molecule has 0 fully saturated rings. The average molecular weight is 264 g/mol.